The van der Waals surface area contributed by atoms with Gasteiger partial charge >= 0.3 is 0 Å². The molecule has 1 amide bonds. The van der Waals surface area contributed by atoms with Gasteiger partial charge in [-0.05, 0) is 12.1 Å². The average Bonchev–Trinajstić information content (AvgIpc) is 2.81. The lowest BCUT2D eigenvalue weighted by molar-refractivity contribution is 0.0979. The van der Waals surface area contributed by atoms with Crippen LogP contribution in [0.3, 0.4) is 0 Å². The summed E-state index contributed by atoms with van der Waals surface area (Å²) in [6, 6.07) is 5.25. The van der Waals surface area contributed by atoms with Gasteiger partial charge in [0.1, 0.15) is 0 Å². The maximum absolute atomic E-state index is 12.0. The molecule has 1 aromatic rings. The second kappa shape index (κ2) is 5.09. The first-order chi connectivity index (χ1) is 8.22. The molecule has 0 atom stereocenters. The predicted octanol–water partition coefficient (Wildman–Crippen LogP) is 1.14. The number of nitrogen functional groups attached to an aromatic ring is 1. The van der Waals surface area contributed by atoms with Crippen molar-refractivity contribution < 1.29 is 4.79 Å². The van der Waals surface area contributed by atoms with E-state index < -0.39 is 0 Å². The molecule has 1 aliphatic rings. The van der Waals surface area contributed by atoms with Crippen LogP contribution in [-0.2, 0) is 0 Å². The molecule has 1 aliphatic heterocycles. The lowest BCUT2D eigenvalue weighted by atomic mass is 10.1. The van der Waals surface area contributed by atoms with Gasteiger partial charge in [0.05, 0.1) is 23.5 Å². The third-order valence-corrected chi connectivity index (χ3v) is 3.29. The number of nitrogens with two attached hydrogens (primary N) is 1. The Kier molecular flexibility index (Phi) is 3.53. The van der Waals surface area contributed by atoms with Crippen molar-refractivity contribution in [1.82, 2.24) is 5.32 Å². The Balaban J connectivity index is 2.21. The topological polar surface area (TPSA) is 79.5 Å². The fraction of sp³-hybridized carbons (Fsp3) is 0.273. The number of nitrogens with one attached hydrogen (secondary N) is 2. The fourth-order valence-corrected chi connectivity index (χ4v) is 2.34. The van der Waals surface area contributed by atoms with Gasteiger partial charge in [0.15, 0.2) is 5.17 Å². The predicted molar refractivity (Wildman–Crippen MR) is 72.6 cm³/mol. The van der Waals surface area contributed by atoms with Crippen LogP contribution in [0.1, 0.15) is 10.4 Å². The Labute approximate surface area is 104 Å². The molecule has 4 N–H and O–H groups in total. The van der Waals surface area contributed by atoms with E-state index in [0.717, 1.165) is 12.3 Å². The molecule has 0 fully saturated rings. The Morgan fingerprint density at radius 1 is 1.53 bits per heavy atom. The second-order valence-corrected chi connectivity index (χ2v) is 4.59. The van der Waals surface area contributed by atoms with E-state index >= 15 is 0 Å². The monoisotopic (exact) mass is 250 g/mol. The molecule has 2 rings (SSSR count). The summed E-state index contributed by atoms with van der Waals surface area (Å²) in [5.74, 6) is 0.737. The van der Waals surface area contributed by atoms with Crippen LogP contribution < -0.4 is 16.4 Å². The zero-order valence-electron chi connectivity index (χ0n) is 9.49. The van der Waals surface area contributed by atoms with Gasteiger partial charge in [-0.3, -0.25) is 9.79 Å². The normalized spacial score (nSPS) is 14.3. The summed E-state index contributed by atoms with van der Waals surface area (Å²) in [7, 11) is 1.74. The van der Waals surface area contributed by atoms with E-state index in [2.05, 4.69) is 15.6 Å². The highest BCUT2D eigenvalue weighted by atomic mass is 32.2. The van der Waals surface area contributed by atoms with Crippen LogP contribution in [0.25, 0.3) is 0 Å². The van der Waals surface area contributed by atoms with Gasteiger partial charge in [-0.25, -0.2) is 0 Å². The van der Waals surface area contributed by atoms with Crippen molar-refractivity contribution in [3.05, 3.63) is 23.8 Å². The van der Waals surface area contributed by atoms with E-state index in [1.54, 1.807) is 37.0 Å². The number of anilines is 2. The van der Waals surface area contributed by atoms with Crippen LogP contribution in [0.2, 0.25) is 0 Å². The molecule has 6 heteroatoms. The van der Waals surface area contributed by atoms with Crippen LogP contribution in [0, 0.1) is 0 Å². The number of carbonyl (C=O) groups excluding carboxylic acids is 1. The minimum absolute atomic E-state index is 0.185. The number of rotatable bonds is 2. The smallest absolute Gasteiger partial charge is 0.259 e. The minimum Gasteiger partial charge on any atom is -0.397 e. The van der Waals surface area contributed by atoms with E-state index in [0.29, 0.717) is 22.1 Å². The van der Waals surface area contributed by atoms with E-state index in [4.69, 9.17) is 5.73 Å². The molecular formula is C11H14N4OS. The van der Waals surface area contributed by atoms with Crippen LogP contribution in [0.4, 0.5) is 11.4 Å². The molecule has 0 saturated carbocycles. The number of thioether (sulfide) groups is 1. The first-order valence-electron chi connectivity index (χ1n) is 5.27. The molecule has 90 valence electrons. The van der Waals surface area contributed by atoms with E-state index in [9.17, 15) is 4.79 Å². The minimum atomic E-state index is -0.185. The third kappa shape index (κ3) is 2.52. The summed E-state index contributed by atoms with van der Waals surface area (Å²) in [6.07, 6.45) is 0. The third-order valence-electron chi connectivity index (χ3n) is 2.40. The molecule has 0 spiro atoms. The lowest BCUT2D eigenvalue weighted by Crippen LogP contribution is -2.28. The molecule has 0 bridgehead atoms. The highest BCUT2D eigenvalue weighted by molar-refractivity contribution is 8.14. The van der Waals surface area contributed by atoms with Crippen LogP contribution in [0.5, 0.6) is 0 Å². The van der Waals surface area contributed by atoms with Gasteiger partial charge in [0, 0.05) is 12.8 Å². The van der Waals surface area contributed by atoms with Crippen LogP contribution in [-0.4, -0.2) is 30.4 Å². The van der Waals surface area contributed by atoms with Crippen LogP contribution in [0.15, 0.2) is 23.2 Å². The summed E-state index contributed by atoms with van der Waals surface area (Å²) in [5, 5.41) is 6.39. The fourth-order valence-electron chi connectivity index (χ4n) is 1.61. The number of aliphatic imine (C=N–C) groups is 1. The van der Waals surface area contributed by atoms with E-state index in [-0.39, 0.29) is 5.91 Å². The maximum atomic E-state index is 12.0. The van der Waals surface area contributed by atoms with Crippen molar-refractivity contribution in [2.75, 3.05) is 30.4 Å². The van der Waals surface area contributed by atoms with Crippen molar-refractivity contribution in [1.29, 1.82) is 0 Å². The number of benzene rings is 1. The number of carbonyl (C=O) groups is 1. The quantitative estimate of drug-likeness (QED) is 0.688. The summed E-state index contributed by atoms with van der Waals surface area (Å²) >= 11 is 1.55. The number of hydrogen-bond donors (Lipinski definition) is 3. The lowest BCUT2D eigenvalue weighted by Gasteiger charge is -2.11. The second-order valence-electron chi connectivity index (χ2n) is 3.51. The molecule has 0 aliphatic carbocycles. The molecule has 0 unspecified atom stereocenters. The standard InChI is InChI=1S/C11H14N4OS/c1-13-9-7(3-2-4-8(9)12)10(16)15-11-14-5-6-17-11/h2-4,13H,5-6,12H2,1H3,(H,14,15,16). The zero-order valence-corrected chi connectivity index (χ0v) is 10.3. The number of nitrogens with zero attached hydrogens (tertiary/aromatic N) is 1. The van der Waals surface area contributed by atoms with Gasteiger partial charge in [-0.1, -0.05) is 17.8 Å². The Morgan fingerprint density at radius 3 is 3.00 bits per heavy atom. The molecule has 5 nitrogen and oxygen atoms in total. The van der Waals surface area contributed by atoms with Crippen LogP contribution >= 0.6 is 11.8 Å². The summed E-state index contributed by atoms with van der Waals surface area (Å²) < 4.78 is 0. The molecule has 17 heavy (non-hydrogen) atoms. The molecule has 1 aromatic carbocycles. The SMILES string of the molecule is CNc1c(N)cccc1C(=O)NC1=NCCS1. The van der Waals surface area contributed by atoms with Crippen molar-refractivity contribution in [3.63, 3.8) is 0 Å². The first kappa shape index (κ1) is 11.8. The molecule has 1 heterocycles. The number of amides is 1. The van der Waals surface area contributed by atoms with E-state index in [1.165, 1.54) is 0 Å². The summed E-state index contributed by atoms with van der Waals surface area (Å²) in [6.45, 7) is 0.760. The number of hydrogen-bond acceptors (Lipinski definition) is 5. The molecule has 0 aromatic heterocycles. The molecular weight excluding hydrogens is 236 g/mol. The average molecular weight is 250 g/mol. The Bertz CT molecular complexity index is 473. The highest BCUT2D eigenvalue weighted by Crippen LogP contribution is 2.23. The van der Waals surface area contributed by atoms with Gasteiger partial charge in [-0.2, -0.15) is 0 Å². The zero-order chi connectivity index (χ0) is 12.3. The van der Waals surface area contributed by atoms with Crippen molar-refractivity contribution in [2.45, 2.75) is 0 Å². The largest absolute Gasteiger partial charge is 0.397 e. The van der Waals surface area contributed by atoms with Gasteiger partial charge in [0.2, 0.25) is 0 Å². The highest BCUT2D eigenvalue weighted by Gasteiger charge is 2.16. The Hall–Kier alpha value is -1.69. The van der Waals surface area contributed by atoms with Gasteiger partial charge in [0.25, 0.3) is 5.91 Å². The summed E-state index contributed by atoms with van der Waals surface area (Å²) in [4.78, 5) is 16.2. The summed E-state index contributed by atoms with van der Waals surface area (Å²) in [5.41, 5.74) is 7.53. The molecule has 0 radical (unpaired) electrons. The maximum Gasteiger partial charge on any atom is 0.259 e. The molecule has 0 saturated heterocycles. The number of amidine groups is 1. The van der Waals surface area contributed by atoms with Gasteiger partial charge < -0.3 is 16.4 Å². The number of para-hydroxylation sites is 1. The van der Waals surface area contributed by atoms with E-state index in [1.807, 2.05) is 0 Å². The first-order valence-corrected chi connectivity index (χ1v) is 6.26. The van der Waals surface area contributed by atoms with Crippen molar-refractivity contribution in [2.24, 2.45) is 4.99 Å². The van der Waals surface area contributed by atoms with Crippen molar-refractivity contribution >= 4 is 34.2 Å². The van der Waals surface area contributed by atoms with Crippen molar-refractivity contribution in [3.8, 4) is 0 Å². The Morgan fingerprint density at radius 2 is 2.35 bits per heavy atom. The van der Waals surface area contributed by atoms with Gasteiger partial charge in [-0.15, -0.1) is 0 Å².